The van der Waals surface area contributed by atoms with Crippen molar-refractivity contribution in [3.63, 3.8) is 0 Å². The highest BCUT2D eigenvalue weighted by atomic mass is 31.2. The molecule has 3 aromatic heterocycles. The number of nitrogens with two attached hydrogens (primary N) is 1. The zero-order chi connectivity index (χ0) is 37.1. The molecule has 3 N–H and O–H groups in total. The highest BCUT2D eigenvalue weighted by Gasteiger charge is 2.18. The van der Waals surface area contributed by atoms with Gasteiger partial charge in [-0.1, -0.05) is 109 Å². The van der Waals surface area contributed by atoms with Gasteiger partial charge in [0.25, 0.3) is 0 Å². The fourth-order valence-electron chi connectivity index (χ4n) is 6.01. The third kappa shape index (κ3) is 18.3. The second-order valence-electron chi connectivity index (χ2n) is 13.5. The van der Waals surface area contributed by atoms with Gasteiger partial charge in [0.1, 0.15) is 29.7 Å². The molecule has 0 spiro atoms. The average Bonchev–Trinajstić information content (AvgIpc) is 3.59. The van der Waals surface area contributed by atoms with E-state index >= 15 is 0 Å². The normalized spacial score (nSPS) is 13.3. The fraction of sp³-hybridized carbons (Fsp3) is 0.692. The molecule has 0 radical (unpaired) electrons. The Balaban J connectivity index is 1.28. The molecule has 0 amide bonds. The molecule has 0 aromatic carbocycles. The van der Waals surface area contributed by atoms with Crippen LogP contribution in [0.2, 0.25) is 0 Å². The Morgan fingerprint density at radius 1 is 0.827 bits per heavy atom. The Kier molecular flexibility index (Phi) is 23.3. The zero-order valence-corrected chi connectivity index (χ0v) is 32.5. The highest BCUT2D eigenvalue weighted by molar-refractivity contribution is 7.40. The van der Waals surface area contributed by atoms with Crippen LogP contribution in [0.15, 0.2) is 36.8 Å². The number of hydrogen-bond donors (Lipinski definition) is 2. The van der Waals surface area contributed by atoms with E-state index in [2.05, 4.69) is 22.0 Å². The molecule has 3 atom stereocenters. The van der Waals surface area contributed by atoms with Gasteiger partial charge in [0, 0.05) is 25.6 Å². The number of aromatic nitrogens is 4. The van der Waals surface area contributed by atoms with Crippen molar-refractivity contribution in [2.24, 2.45) is 0 Å². The van der Waals surface area contributed by atoms with Crippen LogP contribution in [-0.2, 0) is 36.3 Å². The molecule has 0 aliphatic carbocycles. The van der Waals surface area contributed by atoms with Gasteiger partial charge in [-0.2, -0.15) is 10.4 Å². The minimum Gasteiger partial charge on any atom is -0.382 e. The second kappa shape index (κ2) is 27.8. The molecule has 12 nitrogen and oxygen atoms in total. The minimum atomic E-state index is -2.16. The van der Waals surface area contributed by atoms with Crippen molar-refractivity contribution in [3.8, 4) is 6.07 Å². The summed E-state index contributed by atoms with van der Waals surface area (Å²) in [5, 5.41) is 13.3. The minimum absolute atomic E-state index is 0.0970. The molecule has 52 heavy (non-hydrogen) atoms. The van der Waals surface area contributed by atoms with E-state index in [0.29, 0.717) is 37.6 Å². The van der Waals surface area contributed by atoms with Crippen molar-refractivity contribution in [3.05, 3.63) is 53.7 Å². The Hall–Kier alpha value is -2.75. The number of fused-ring (bicyclic) bond motifs is 1. The van der Waals surface area contributed by atoms with Crippen molar-refractivity contribution < 1.29 is 28.2 Å². The molecule has 0 saturated carbocycles. The molecule has 0 bridgehead atoms. The van der Waals surface area contributed by atoms with Crippen molar-refractivity contribution in [2.75, 3.05) is 39.3 Å². The molecule has 0 aliphatic heterocycles. The third-order valence-corrected chi connectivity index (χ3v) is 9.97. The molecule has 0 aliphatic rings. The molecule has 0 saturated heterocycles. The monoisotopic (exact) mass is 742 g/mol. The maximum atomic E-state index is 10.5. The van der Waals surface area contributed by atoms with Crippen LogP contribution in [0.1, 0.15) is 133 Å². The lowest BCUT2D eigenvalue weighted by Crippen LogP contribution is -2.26. The van der Waals surface area contributed by atoms with Crippen LogP contribution >= 0.6 is 8.60 Å². The molecule has 3 heterocycles. The molecule has 0 fully saturated rings. The van der Waals surface area contributed by atoms with Gasteiger partial charge in [-0.3, -0.25) is 0 Å². The van der Waals surface area contributed by atoms with E-state index in [-0.39, 0.29) is 25.9 Å². The van der Waals surface area contributed by atoms with Crippen LogP contribution in [-0.4, -0.2) is 70.2 Å². The second-order valence-corrected chi connectivity index (χ2v) is 14.5. The first-order chi connectivity index (χ1) is 25.5. The van der Waals surface area contributed by atoms with Crippen molar-refractivity contribution in [1.82, 2.24) is 19.6 Å². The van der Waals surface area contributed by atoms with E-state index in [1.165, 1.54) is 96.2 Å². The Morgan fingerprint density at radius 2 is 1.46 bits per heavy atom. The third-order valence-electron chi connectivity index (χ3n) is 9.23. The quantitative estimate of drug-likeness (QED) is 0.0466. The molecule has 290 valence electrons. The lowest BCUT2D eigenvalue weighted by Gasteiger charge is -2.21. The van der Waals surface area contributed by atoms with Gasteiger partial charge in [-0.05, 0) is 43.0 Å². The lowest BCUT2D eigenvalue weighted by atomic mass is 10.0. The van der Waals surface area contributed by atoms with Gasteiger partial charge in [0.05, 0.1) is 32.5 Å². The SMILES string of the molecule is CCCCCCCCCCCCCCCCCCOCC(COP(O)OCC(CCc1ccc2c(N)ncnn12)OC)OCc1ccc(C#N)nc1. The largest absolute Gasteiger partial charge is 0.382 e. The number of unbranched alkanes of at least 4 members (excludes halogenated alkanes) is 15. The van der Waals surface area contributed by atoms with E-state index in [9.17, 15) is 4.89 Å². The van der Waals surface area contributed by atoms with Gasteiger partial charge in [0.2, 0.25) is 0 Å². The van der Waals surface area contributed by atoms with Crippen LogP contribution in [0.25, 0.3) is 5.52 Å². The number of anilines is 1. The summed E-state index contributed by atoms with van der Waals surface area (Å²) in [4.78, 5) is 18.7. The van der Waals surface area contributed by atoms with Crippen LogP contribution in [0.5, 0.6) is 0 Å². The van der Waals surface area contributed by atoms with Crippen LogP contribution < -0.4 is 5.73 Å². The predicted molar refractivity (Wildman–Crippen MR) is 205 cm³/mol. The van der Waals surface area contributed by atoms with E-state index in [1.807, 2.05) is 24.3 Å². The number of methoxy groups -OCH3 is 1. The van der Waals surface area contributed by atoms with Crippen LogP contribution in [0.3, 0.4) is 0 Å². The van der Waals surface area contributed by atoms with Gasteiger partial charge in [-0.25, -0.2) is 14.5 Å². The molecule has 3 rings (SSSR count). The van der Waals surface area contributed by atoms with Crippen molar-refractivity contribution >= 4 is 19.9 Å². The zero-order valence-electron chi connectivity index (χ0n) is 31.6. The number of nitrogens with zero attached hydrogens (tertiary/aromatic N) is 5. The number of nitrogen functional groups attached to an aromatic ring is 1. The summed E-state index contributed by atoms with van der Waals surface area (Å²) in [6.07, 6.45) is 25.0. The predicted octanol–water partition coefficient (Wildman–Crippen LogP) is 8.64. The standard InChI is InChI=1S/C39H63N6O6P/c1-3-4-5-6-7-8-9-10-11-12-13-14-15-16-17-18-25-48-29-37(49-28-33-19-20-34(26-40)42-27-33)31-51-52(46)50-30-36(47-2)23-21-35-22-24-38-39(41)43-32-44-45(35)38/h19-20,22,24,27,32,36-37,46H,3-18,21,23,25,28-31H2,1-2H3,(H2,41,43,44). The van der Waals surface area contributed by atoms with Gasteiger partial charge in [-0.15, -0.1) is 0 Å². The van der Waals surface area contributed by atoms with E-state index in [1.54, 1.807) is 23.9 Å². The number of hydrogen-bond acceptors (Lipinski definition) is 11. The lowest BCUT2D eigenvalue weighted by molar-refractivity contribution is -0.0489. The fourth-order valence-corrected chi connectivity index (χ4v) is 6.67. The number of pyridine rings is 1. The number of aryl methyl sites for hydroxylation is 1. The summed E-state index contributed by atoms with van der Waals surface area (Å²) in [5.41, 5.74) is 8.87. The van der Waals surface area contributed by atoms with Crippen LogP contribution in [0.4, 0.5) is 5.82 Å². The molecular formula is C39H63N6O6P. The summed E-state index contributed by atoms with van der Waals surface area (Å²) in [5.74, 6) is 0.428. The summed E-state index contributed by atoms with van der Waals surface area (Å²) in [6, 6.07) is 9.35. The number of nitriles is 1. The molecule has 13 heteroatoms. The maximum absolute atomic E-state index is 10.5. The first-order valence-corrected chi connectivity index (χ1v) is 20.6. The van der Waals surface area contributed by atoms with Gasteiger partial charge in [0.15, 0.2) is 5.82 Å². The Morgan fingerprint density at radius 3 is 2.06 bits per heavy atom. The highest BCUT2D eigenvalue weighted by Crippen LogP contribution is 2.34. The summed E-state index contributed by atoms with van der Waals surface area (Å²) >= 11 is 0. The van der Waals surface area contributed by atoms with Crippen molar-refractivity contribution in [2.45, 2.75) is 141 Å². The van der Waals surface area contributed by atoms with Crippen molar-refractivity contribution in [1.29, 1.82) is 5.26 Å². The van der Waals surface area contributed by atoms with Gasteiger partial charge < -0.3 is 33.9 Å². The first-order valence-electron chi connectivity index (χ1n) is 19.4. The van der Waals surface area contributed by atoms with Gasteiger partial charge >= 0.3 is 8.60 Å². The maximum Gasteiger partial charge on any atom is 0.330 e. The summed E-state index contributed by atoms with van der Waals surface area (Å²) in [6.45, 7) is 3.78. The Labute approximate surface area is 312 Å². The Bertz CT molecular complexity index is 1370. The first kappa shape index (κ1) is 43.7. The van der Waals surface area contributed by atoms with E-state index in [0.717, 1.165) is 29.6 Å². The average molecular weight is 743 g/mol. The summed E-state index contributed by atoms with van der Waals surface area (Å²) < 4.78 is 30.7. The molecule has 3 aromatic rings. The van der Waals surface area contributed by atoms with E-state index < -0.39 is 14.7 Å². The number of ether oxygens (including phenoxy) is 3. The summed E-state index contributed by atoms with van der Waals surface area (Å²) in [7, 11) is -0.544. The smallest absolute Gasteiger partial charge is 0.330 e. The van der Waals surface area contributed by atoms with E-state index in [4.69, 9.17) is 34.3 Å². The number of rotatable bonds is 32. The molecular weight excluding hydrogens is 679 g/mol. The van der Waals surface area contributed by atoms with Crippen LogP contribution in [0, 0.1) is 11.3 Å². The molecule has 3 unspecified atom stereocenters. The topological polar surface area (TPSA) is 159 Å².